The Kier molecular flexibility index (Phi) is 9.25. The normalized spacial score (nSPS) is 16.4. The number of hydrogen-bond acceptors (Lipinski definition) is 6. The van der Waals surface area contributed by atoms with Crippen LogP contribution in [0.15, 0.2) is 105 Å². The predicted molar refractivity (Wildman–Crippen MR) is 147 cm³/mol. The van der Waals surface area contributed by atoms with Gasteiger partial charge in [0, 0.05) is 27.7 Å². The summed E-state index contributed by atoms with van der Waals surface area (Å²) in [6.45, 7) is -1.38. The molecule has 0 unspecified atom stereocenters. The van der Waals surface area contributed by atoms with Gasteiger partial charge in [0.25, 0.3) is 0 Å². The number of halogens is 4. The van der Waals surface area contributed by atoms with Gasteiger partial charge in [-0.25, -0.2) is 12.0 Å². The third-order valence-corrected chi connectivity index (χ3v) is 14.5. The number of aliphatic hydroxyl groups is 1. The molecule has 0 amide bonds. The maximum Gasteiger partial charge on any atom is 0.432 e. The molecule has 0 spiro atoms. The third-order valence-electron chi connectivity index (χ3n) is 6.98. The van der Waals surface area contributed by atoms with Crippen molar-refractivity contribution in [1.29, 1.82) is 0 Å². The fourth-order valence-corrected chi connectivity index (χ4v) is 11.9. The highest BCUT2D eigenvalue weighted by atomic mass is 32.3. The van der Waals surface area contributed by atoms with E-state index in [-0.39, 0.29) is 19.6 Å². The molecule has 1 aliphatic carbocycles. The average molecular weight is 635 g/mol. The summed E-state index contributed by atoms with van der Waals surface area (Å²) >= 11 is 0. The van der Waals surface area contributed by atoms with Gasteiger partial charge in [0.1, 0.15) is 0 Å². The lowest BCUT2D eigenvalue weighted by molar-refractivity contribution is -0.167. The Morgan fingerprint density at radius 2 is 1.12 bits per heavy atom. The molecular formula is C28H30F4O6S3. The molecule has 0 atom stereocenters. The molecule has 0 radical (unpaired) electrons. The lowest BCUT2D eigenvalue weighted by Crippen LogP contribution is -2.48. The third kappa shape index (κ3) is 5.92. The second-order valence-corrected chi connectivity index (χ2v) is 16.4. The predicted octanol–water partition coefficient (Wildman–Crippen LogP) is 6.95. The molecule has 3 aromatic carbocycles. The van der Waals surface area contributed by atoms with Gasteiger partial charge < -0.3 is 5.11 Å². The van der Waals surface area contributed by atoms with Gasteiger partial charge in [-0.05, 0) is 71.7 Å². The molecule has 0 heterocycles. The van der Waals surface area contributed by atoms with Crippen LogP contribution in [0, 0.1) is 0 Å². The zero-order valence-corrected chi connectivity index (χ0v) is 24.3. The van der Waals surface area contributed by atoms with Crippen molar-refractivity contribution >= 4 is 30.3 Å². The quantitative estimate of drug-likeness (QED) is 0.230. The lowest BCUT2D eigenvalue weighted by atomic mass is 10.0. The van der Waals surface area contributed by atoms with Gasteiger partial charge in [-0.2, -0.15) is 26.0 Å². The van der Waals surface area contributed by atoms with E-state index >= 15 is 8.78 Å². The van der Waals surface area contributed by atoms with Crippen LogP contribution in [0.4, 0.5) is 17.6 Å². The lowest BCUT2D eigenvalue weighted by Gasteiger charge is -2.40. The Morgan fingerprint density at radius 1 is 0.683 bits per heavy atom. The zero-order valence-electron chi connectivity index (χ0n) is 21.8. The highest BCUT2D eigenvalue weighted by Gasteiger charge is 2.67. The van der Waals surface area contributed by atoms with E-state index in [1.54, 1.807) is 12.1 Å². The number of sulfone groups is 1. The van der Waals surface area contributed by atoms with Gasteiger partial charge >= 0.3 is 21.3 Å². The van der Waals surface area contributed by atoms with Crippen molar-refractivity contribution in [2.24, 2.45) is 0 Å². The Labute approximate surface area is 238 Å². The molecule has 1 aliphatic rings. The molecule has 0 aliphatic heterocycles. The van der Waals surface area contributed by atoms with E-state index in [1.807, 2.05) is 0 Å². The molecular weight excluding hydrogens is 604 g/mol. The van der Waals surface area contributed by atoms with Crippen LogP contribution in [0.2, 0.25) is 0 Å². The van der Waals surface area contributed by atoms with Crippen LogP contribution in [-0.2, 0) is 23.6 Å². The van der Waals surface area contributed by atoms with Crippen molar-refractivity contribution < 1.29 is 43.1 Å². The second-order valence-electron chi connectivity index (χ2n) is 9.68. The molecule has 3 aromatic rings. The molecule has 0 saturated heterocycles. The van der Waals surface area contributed by atoms with Crippen molar-refractivity contribution in [2.45, 2.75) is 74.5 Å². The van der Waals surface area contributed by atoms with Gasteiger partial charge in [-0.1, -0.05) is 55.7 Å². The van der Waals surface area contributed by atoms with Crippen molar-refractivity contribution in [2.75, 3.05) is 6.61 Å². The van der Waals surface area contributed by atoms with Gasteiger partial charge in [0.15, 0.2) is 9.84 Å². The molecule has 0 aromatic heterocycles. The van der Waals surface area contributed by atoms with E-state index in [0.29, 0.717) is 12.8 Å². The van der Waals surface area contributed by atoms with E-state index in [1.165, 1.54) is 72.8 Å². The van der Waals surface area contributed by atoms with Crippen LogP contribution in [0.3, 0.4) is 0 Å². The van der Waals surface area contributed by atoms with Gasteiger partial charge in [0.05, 0.1) is 10.1 Å². The van der Waals surface area contributed by atoms with Crippen molar-refractivity contribution in [3.8, 4) is 0 Å². The summed E-state index contributed by atoms with van der Waals surface area (Å²) in [7, 11) is -13.8. The van der Waals surface area contributed by atoms with E-state index in [9.17, 15) is 25.6 Å². The number of alkyl halides is 4. The summed E-state index contributed by atoms with van der Waals surface area (Å²) in [5, 5.41) is 2.61. The molecule has 1 N–H and O–H groups in total. The fourth-order valence-electron chi connectivity index (χ4n) is 4.79. The molecule has 6 nitrogen and oxygen atoms in total. The minimum atomic E-state index is -6.37. The zero-order chi connectivity index (χ0) is 29.9. The summed E-state index contributed by atoms with van der Waals surface area (Å²) in [5.41, 5.74) is 0. The summed E-state index contributed by atoms with van der Waals surface area (Å²) in [5.74, 6) is -5.14. The highest BCUT2D eigenvalue weighted by molar-refractivity contribution is 8.33. The van der Waals surface area contributed by atoms with Crippen LogP contribution in [0.1, 0.15) is 38.5 Å². The summed E-state index contributed by atoms with van der Waals surface area (Å²) in [6.07, 6.45) is 1.70. The SMILES string of the molecule is O=S(=O)(c1ccc(S(OS(=O)(=O)C(F)(F)C(F)(F)CCO)(c2ccccc2)c2ccccc2)cc1)C1CCCCC1. The maximum atomic E-state index is 15.0. The van der Waals surface area contributed by atoms with E-state index in [2.05, 4.69) is 0 Å². The smallest absolute Gasteiger partial charge is 0.396 e. The maximum absolute atomic E-state index is 15.0. The average Bonchev–Trinajstić information content (AvgIpc) is 2.97. The van der Waals surface area contributed by atoms with Crippen LogP contribution >= 0.6 is 10.3 Å². The van der Waals surface area contributed by atoms with Crippen LogP contribution < -0.4 is 0 Å². The Morgan fingerprint density at radius 3 is 1.59 bits per heavy atom. The number of benzene rings is 3. The number of rotatable bonds is 11. The van der Waals surface area contributed by atoms with Crippen molar-refractivity contribution in [3.63, 3.8) is 0 Å². The molecule has 4 rings (SSSR count). The Bertz CT molecular complexity index is 1490. The van der Waals surface area contributed by atoms with Crippen LogP contribution in [0.25, 0.3) is 0 Å². The first-order valence-corrected chi connectivity index (χ1v) is 17.4. The standard InChI is InChI=1S/C28H30F4O6S3/c29-27(30,20-21-33)28(31,32)41(36,37)38-39(22-10-4-1-5-11-22,23-12-6-2-7-13-23)24-16-18-26(19-17-24)40(34,35)25-14-8-3-9-15-25/h1-2,4-7,10-13,16-19,25,33H,3,8-9,14-15,20-21H2. The molecule has 1 fully saturated rings. The fraction of sp³-hybridized carbons (Fsp3) is 0.357. The Hall–Kier alpha value is -2.45. The molecule has 1 saturated carbocycles. The first-order valence-electron chi connectivity index (χ1n) is 12.9. The van der Waals surface area contributed by atoms with E-state index < -0.39 is 59.7 Å². The summed E-state index contributed by atoms with van der Waals surface area (Å²) in [6, 6.07) is 20.0. The summed E-state index contributed by atoms with van der Waals surface area (Å²) < 4.78 is 117. The first kappa shape index (κ1) is 31.5. The minimum absolute atomic E-state index is 0.00217. The Balaban J connectivity index is 1.93. The van der Waals surface area contributed by atoms with Crippen molar-refractivity contribution in [3.05, 3.63) is 84.9 Å². The molecule has 224 valence electrons. The van der Waals surface area contributed by atoms with Gasteiger partial charge in [-0.15, -0.1) is 0 Å². The molecule has 0 bridgehead atoms. The van der Waals surface area contributed by atoms with Gasteiger partial charge in [-0.3, -0.25) is 0 Å². The first-order chi connectivity index (χ1) is 19.3. The molecule has 13 heteroatoms. The second kappa shape index (κ2) is 12.0. The van der Waals surface area contributed by atoms with Crippen LogP contribution in [0.5, 0.6) is 0 Å². The van der Waals surface area contributed by atoms with Crippen molar-refractivity contribution in [1.82, 2.24) is 0 Å². The minimum Gasteiger partial charge on any atom is -0.396 e. The monoisotopic (exact) mass is 634 g/mol. The van der Waals surface area contributed by atoms with E-state index in [0.717, 1.165) is 19.3 Å². The topological polar surface area (TPSA) is 97.7 Å². The summed E-state index contributed by atoms with van der Waals surface area (Å²) in [4.78, 5) is 0.172. The van der Waals surface area contributed by atoms with E-state index in [4.69, 9.17) is 8.74 Å². The number of aliphatic hydroxyl groups excluding tert-OH is 1. The van der Waals surface area contributed by atoms with Crippen LogP contribution in [-0.4, -0.2) is 45.0 Å². The number of hydrogen-bond donors (Lipinski definition) is 1. The highest BCUT2D eigenvalue weighted by Crippen LogP contribution is 2.71. The largest absolute Gasteiger partial charge is 0.432 e. The molecule has 41 heavy (non-hydrogen) atoms. The van der Waals surface area contributed by atoms with Gasteiger partial charge in [0.2, 0.25) is 0 Å².